The molecular formula is C13H18N4O. The Kier molecular flexibility index (Phi) is 2.70. The Balaban J connectivity index is 2.22. The molecule has 1 aliphatic rings. The number of fused-ring (bicyclic) bond motifs is 1. The van der Waals surface area contributed by atoms with Gasteiger partial charge < -0.3 is 15.0 Å². The number of anilines is 1. The van der Waals surface area contributed by atoms with Gasteiger partial charge in [-0.2, -0.15) is 0 Å². The topological polar surface area (TPSA) is 66.0 Å². The summed E-state index contributed by atoms with van der Waals surface area (Å²) in [6, 6.07) is 0.462. The van der Waals surface area contributed by atoms with Crippen molar-refractivity contribution in [2.75, 3.05) is 18.9 Å². The predicted octanol–water partition coefficient (Wildman–Crippen LogP) is 1.98. The van der Waals surface area contributed by atoms with E-state index in [2.05, 4.69) is 28.4 Å². The highest BCUT2D eigenvalue weighted by molar-refractivity contribution is 5.90. The quantitative estimate of drug-likeness (QED) is 0.835. The van der Waals surface area contributed by atoms with Crippen LogP contribution in [0, 0.1) is 13.8 Å². The van der Waals surface area contributed by atoms with E-state index in [0.717, 1.165) is 37.1 Å². The smallest absolute Gasteiger partial charge is 0.146 e. The Labute approximate surface area is 106 Å². The zero-order valence-electron chi connectivity index (χ0n) is 10.8. The standard InChI is InChI=1S/C13H18N4O/c1-8-9(2)17(10-3-5-18-6-4-10)13-11(8)12(14)15-7-16-13/h7,10H,3-6H2,1-2H3,(H2,14,15,16). The average molecular weight is 246 g/mol. The van der Waals surface area contributed by atoms with Gasteiger partial charge in [0, 0.05) is 24.9 Å². The van der Waals surface area contributed by atoms with Crippen LogP contribution in [0.1, 0.15) is 30.1 Å². The molecule has 0 bridgehead atoms. The van der Waals surface area contributed by atoms with Crippen LogP contribution in [0.5, 0.6) is 0 Å². The maximum atomic E-state index is 5.98. The van der Waals surface area contributed by atoms with Gasteiger partial charge in [-0.3, -0.25) is 0 Å². The Hall–Kier alpha value is -1.62. The molecule has 0 aliphatic carbocycles. The molecule has 0 aromatic carbocycles. The van der Waals surface area contributed by atoms with Gasteiger partial charge in [0.25, 0.3) is 0 Å². The lowest BCUT2D eigenvalue weighted by atomic mass is 10.1. The Morgan fingerprint density at radius 3 is 2.72 bits per heavy atom. The largest absolute Gasteiger partial charge is 0.383 e. The summed E-state index contributed by atoms with van der Waals surface area (Å²) in [5.41, 5.74) is 9.37. The minimum Gasteiger partial charge on any atom is -0.383 e. The van der Waals surface area contributed by atoms with Gasteiger partial charge in [-0.1, -0.05) is 0 Å². The van der Waals surface area contributed by atoms with Crippen molar-refractivity contribution in [3.8, 4) is 0 Å². The maximum Gasteiger partial charge on any atom is 0.146 e. The van der Waals surface area contributed by atoms with E-state index >= 15 is 0 Å². The van der Waals surface area contributed by atoms with E-state index in [4.69, 9.17) is 10.5 Å². The van der Waals surface area contributed by atoms with E-state index < -0.39 is 0 Å². The molecule has 2 aromatic rings. The molecule has 1 fully saturated rings. The van der Waals surface area contributed by atoms with E-state index in [-0.39, 0.29) is 0 Å². The summed E-state index contributed by atoms with van der Waals surface area (Å²) in [5, 5.41) is 1.00. The van der Waals surface area contributed by atoms with Crippen LogP contribution in [0.25, 0.3) is 11.0 Å². The fourth-order valence-electron chi connectivity index (χ4n) is 2.84. The third kappa shape index (κ3) is 1.58. The van der Waals surface area contributed by atoms with Crippen molar-refractivity contribution in [1.29, 1.82) is 0 Å². The summed E-state index contributed by atoms with van der Waals surface area (Å²) in [7, 11) is 0. The SMILES string of the molecule is Cc1c(C)n(C2CCOCC2)c2ncnc(N)c12. The zero-order chi connectivity index (χ0) is 12.7. The number of aromatic nitrogens is 3. The predicted molar refractivity (Wildman–Crippen MR) is 70.5 cm³/mol. The zero-order valence-corrected chi connectivity index (χ0v) is 10.8. The van der Waals surface area contributed by atoms with Crippen molar-refractivity contribution in [3.05, 3.63) is 17.6 Å². The first kappa shape index (κ1) is 11.5. The monoisotopic (exact) mass is 246 g/mol. The Morgan fingerprint density at radius 2 is 2.00 bits per heavy atom. The van der Waals surface area contributed by atoms with E-state index in [9.17, 15) is 0 Å². The first-order chi connectivity index (χ1) is 8.70. The van der Waals surface area contributed by atoms with Crippen molar-refractivity contribution >= 4 is 16.9 Å². The third-order valence-electron chi connectivity index (χ3n) is 3.92. The van der Waals surface area contributed by atoms with Gasteiger partial charge in [-0.25, -0.2) is 9.97 Å². The average Bonchev–Trinajstić information content (AvgIpc) is 2.64. The molecule has 18 heavy (non-hydrogen) atoms. The van der Waals surface area contributed by atoms with Gasteiger partial charge in [-0.05, 0) is 32.3 Å². The van der Waals surface area contributed by atoms with Crippen LogP contribution < -0.4 is 5.73 Å². The summed E-state index contributed by atoms with van der Waals surface area (Å²) in [6.45, 7) is 5.87. The number of rotatable bonds is 1. The molecule has 2 N–H and O–H groups in total. The summed E-state index contributed by atoms with van der Waals surface area (Å²) in [4.78, 5) is 8.53. The normalized spacial score (nSPS) is 17.4. The number of hydrogen-bond acceptors (Lipinski definition) is 4. The van der Waals surface area contributed by atoms with E-state index in [1.807, 2.05) is 0 Å². The Bertz CT molecular complexity index is 584. The third-order valence-corrected chi connectivity index (χ3v) is 3.92. The molecule has 1 aliphatic heterocycles. The molecule has 3 heterocycles. The molecule has 0 spiro atoms. The first-order valence-electron chi connectivity index (χ1n) is 6.35. The van der Waals surface area contributed by atoms with Gasteiger partial charge in [0.1, 0.15) is 17.8 Å². The number of nitrogens with two attached hydrogens (primary N) is 1. The number of nitrogen functional groups attached to an aromatic ring is 1. The summed E-state index contributed by atoms with van der Waals surface area (Å²) < 4.78 is 7.74. The fourth-order valence-corrected chi connectivity index (χ4v) is 2.84. The van der Waals surface area contributed by atoms with Crippen LogP contribution in [0.4, 0.5) is 5.82 Å². The second-order valence-electron chi connectivity index (χ2n) is 4.88. The van der Waals surface area contributed by atoms with Gasteiger partial charge in [0.05, 0.1) is 5.39 Å². The van der Waals surface area contributed by atoms with Crippen LogP contribution in [-0.4, -0.2) is 27.7 Å². The van der Waals surface area contributed by atoms with Crippen molar-refractivity contribution in [2.24, 2.45) is 0 Å². The molecule has 5 heteroatoms. The molecule has 0 saturated carbocycles. The number of aryl methyl sites for hydroxylation is 1. The van der Waals surface area contributed by atoms with Crippen LogP contribution in [-0.2, 0) is 4.74 Å². The molecule has 0 amide bonds. The van der Waals surface area contributed by atoms with Crippen LogP contribution in [0.15, 0.2) is 6.33 Å². The molecule has 3 rings (SSSR count). The number of hydrogen-bond donors (Lipinski definition) is 1. The summed E-state index contributed by atoms with van der Waals surface area (Å²) in [5.74, 6) is 0.575. The first-order valence-corrected chi connectivity index (χ1v) is 6.35. The van der Waals surface area contributed by atoms with Crippen LogP contribution >= 0.6 is 0 Å². The van der Waals surface area contributed by atoms with Gasteiger partial charge in [0.2, 0.25) is 0 Å². The van der Waals surface area contributed by atoms with Crippen molar-refractivity contribution in [1.82, 2.24) is 14.5 Å². The van der Waals surface area contributed by atoms with Crippen molar-refractivity contribution in [3.63, 3.8) is 0 Å². The van der Waals surface area contributed by atoms with Crippen molar-refractivity contribution < 1.29 is 4.74 Å². The molecule has 96 valence electrons. The summed E-state index contributed by atoms with van der Waals surface area (Å²) >= 11 is 0. The molecule has 0 unspecified atom stereocenters. The number of ether oxygens (including phenoxy) is 1. The summed E-state index contributed by atoms with van der Waals surface area (Å²) in [6.07, 6.45) is 3.62. The highest BCUT2D eigenvalue weighted by atomic mass is 16.5. The van der Waals surface area contributed by atoms with Crippen LogP contribution in [0.2, 0.25) is 0 Å². The maximum absolute atomic E-state index is 5.98. The Morgan fingerprint density at radius 1 is 1.28 bits per heavy atom. The van der Waals surface area contributed by atoms with Crippen LogP contribution in [0.3, 0.4) is 0 Å². The second-order valence-corrected chi connectivity index (χ2v) is 4.88. The lowest BCUT2D eigenvalue weighted by Gasteiger charge is -2.25. The molecule has 0 atom stereocenters. The van der Waals surface area contributed by atoms with E-state index in [1.165, 1.54) is 11.3 Å². The highest BCUT2D eigenvalue weighted by Gasteiger charge is 2.23. The number of nitrogens with zero attached hydrogens (tertiary/aromatic N) is 3. The molecule has 0 radical (unpaired) electrons. The molecule has 1 saturated heterocycles. The lowest BCUT2D eigenvalue weighted by molar-refractivity contribution is 0.0701. The second kappa shape index (κ2) is 4.24. The minimum atomic E-state index is 0.462. The van der Waals surface area contributed by atoms with Crippen molar-refractivity contribution in [2.45, 2.75) is 32.7 Å². The van der Waals surface area contributed by atoms with Gasteiger partial charge in [-0.15, -0.1) is 0 Å². The highest BCUT2D eigenvalue weighted by Crippen LogP contribution is 2.33. The van der Waals surface area contributed by atoms with E-state index in [1.54, 1.807) is 6.33 Å². The molecule has 5 nitrogen and oxygen atoms in total. The molecular weight excluding hydrogens is 228 g/mol. The van der Waals surface area contributed by atoms with E-state index in [0.29, 0.717) is 11.9 Å². The van der Waals surface area contributed by atoms with Gasteiger partial charge >= 0.3 is 0 Å². The minimum absolute atomic E-state index is 0.462. The fraction of sp³-hybridized carbons (Fsp3) is 0.538. The van der Waals surface area contributed by atoms with Gasteiger partial charge in [0.15, 0.2) is 0 Å². The molecule has 2 aromatic heterocycles. The lowest BCUT2D eigenvalue weighted by Crippen LogP contribution is -2.20.